The molecule has 7 rings (SSSR count). The van der Waals surface area contributed by atoms with Gasteiger partial charge in [-0.05, 0) is 132 Å². The number of primary amides is 2. The fraction of sp³-hybridized carbons (Fsp3) is 0.494. The fourth-order valence-corrected chi connectivity index (χ4v) is 15.8. The van der Waals surface area contributed by atoms with Crippen LogP contribution in [-0.4, -0.2) is 250 Å². The van der Waals surface area contributed by atoms with Gasteiger partial charge in [-0.1, -0.05) is 131 Å². The van der Waals surface area contributed by atoms with E-state index in [4.69, 9.17) is 28.7 Å². The summed E-state index contributed by atoms with van der Waals surface area (Å²) in [6.07, 6.45) is 0.273. The molecule has 15 atom stereocenters. The number of hydrogen-bond acceptors (Lipinski definition) is 24. The van der Waals surface area contributed by atoms with Crippen LogP contribution in [0, 0.1) is 0 Å². The van der Waals surface area contributed by atoms with Gasteiger partial charge >= 0.3 is 0 Å². The second-order valence-corrected chi connectivity index (χ2v) is 32.2. The highest BCUT2D eigenvalue weighted by molar-refractivity contribution is 8.76. The number of benzene rings is 4. The summed E-state index contributed by atoms with van der Waals surface area (Å²) in [6, 6.07) is 9.28. The summed E-state index contributed by atoms with van der Waals surface area (Å²) in [5.41, 5.74) is 31.6. The van der Waals surface area contributed by atoms with Gasteiger partial charge in [0.15, 0.2) is 0 Å². The quantitative estimate of drug-likeness (QED) is 0.0151. The lowest BCUT2D eigenvalue weighted by molar-refractivity contribution is -0.137. The van der Waals surface area contributed by atoms with Crippen LogP contribution in [0.5, 0.6) is 0 Å². The number of unbranched alkanes of at least 4 members (excludes halogenated alkanes) is 3. The fourth-order valence-electron chi connectivity index (χ4n) is 13.4. The molecular weight excluding hydrogens is 1610 g/mol. The van der Waals surface area contributed by atoms with E-state index in [1.54, 1.807) is 121 Å². The van der Waals surface area contributed by atoms with E-state index in [0.717, 1.165) is 28.5 Å². The van der Waals surface area contributed by atoms with Gasteiger partial charge < -0.3 is 123 Å². The van der Waals surface area contributed by atoms with Crippen LogP contribution in [0.15, 0.2) is 121 Å². The van der Waals surface area contributed by atoms with Crippen molar-refractivity contribution in [2.75, 3.05) is 50.9 Å². The normalized spacial score (nSPS) is 24.2. The number of nitrogens with two attached hydrogens (primary N) is 5. The van der Waals surface area contributed by atoms with Crippen molar-refractivity contribution in [3.8, 4) is 0 Å². The number of aliphatic hydroxyl groups is 3. The maximum atomic E-state index is 15.4. The molecule has 3 heterocycles. The maximum Gasteiger partial charge on any atom is 0.245 e. The third-order valence-corrected chi connectivity index (χ3v) is 22.6. The van der Waals surface area contributed by atoms with Crippen LogP contribution in [0.2, 0.25) is 0 Å². The number of aliphatic hydroxyl groups excluding tert-OH is 3. The van der Waals surface area contributed by atoms with Crippen molar-refractivity contribution in [1.29, 1.82) is 0 Å². The number of rotatable bonds is 30. The summed E-state index contributed by atoms with van der Waals surface area (Å²) in [5, 5.41) is 70.0. The van der Waals surface area contributed by atoms with Gasteiger partial charge in [-0.2, -0.15) is 0 Å². The van der Waals surface area contributed by atoms with Crippen LogP contribution in [0.4, 0.5) is 0 Å². The van der Waals surface area contributed by atoms with Crippen LogP contribution < -0.4 is 103 Å². The lowest BCUT2D eigenvalue weighted by atomic mass is 10.00. The number of carbonyl (C=O) groups excluding carboxylic acids is 15. The Morgan fingerprint density at radius 3 is 1.35 bits per heavy atom. The van der Waals surface area contributed by atoms with E-state index >= 15 is 14.4 Å². The van der Waals surface area contributed by atoms with Crippen molar-refractivity contribution < 1.29 is 87.2 Å². The van der Waals surface area contributed by atoms with Crippen LogP contribution in [-0.2, 0) is 97.6 Å². The Morgan fingerprint density at radius 2 is 0.868 bits per heavy atom. The smallest absolute Gasteiger partial charge is 0.245 e. The summed E-state index contributed by atoms with van der Waals surface area (Å²) in [4.78, 5) is 221. The molecule has 2 aliphatic rings. The zero-order valence-corrected chi connectivity index (χ0v) is 69.0. The standard InChI is InChI=1S/C81H114N20O18S2/c1-46(104)67-81(119)96-59(38-49-24-9-4-10-25-49)74(112)97-62(42-102)77(115)98-63(43-103)78(116)100-64(79(117)89-53(68(86)106)28-13-16-32-82)44-120-121-45-65(99-69(107)54-31-19-35-87-54)80(118)91-55(29-14-17-33-83)70(108)95-61(40-66(85)105)76(114)93-57(36-47-20-5-2-6-21-47)72(110)92-58(37-48-22-7-3-8-23-48)73(111)94-60(39-50-41-88-52-27-12-11-26-51(50)52)75(113)90-56(71(109)101-67)30-15-18-34-84/h2-12,20-27,41,46,53-65,67,87-88,102-104H,13-19,28-40,42-45,82-84H2,1H3,(H2,85,105)(H2,86,106)(H,89,117)(H,90,113)(H,91,118)(H,92,110)(H,93,114)(H,94,111)(H,95,108)(H,96,119)(H,97,112)(H,98,115)(H,99,107)(H,100,116)(H,101,109). The summed E-state index contributed by atoms with van der Waals surface area (Å²) in [5.74, 6) is -16.4. The molecule has 2 aliphatic heterocycles. The first-order chi connectivity index (χ1) is 58.1. The molecule has 28 N–H and O–H groups in total. The van der Waals surface area contributed by atoms with Crippen LogP contribution in [0.1, 0.15) is 106 Å². The first kappa shape index (κ1) is 97.0. The second-order valence-electron chi connectivity index (χ2n) is 29.6. The lowest BCUT2D eigenvalue weighted by Crippen LogP contribution is -2.63. The molecule has 4 aromatic carbocycles. The lowest BCUT2D eigenvalue weighted by Gasteiger charge is -2.29. The van der Waals surface area contributed by atoms with Crippen molar-refractivity contribution >= 4 is 121 Å². The first-order valence-corrected chi connectivity index (χ1v) is 42.8. The highest BCUT2D eigenvalue weighted by Gasteiger charge is 2.40. The van der Waals surface area contributed by atoms with E-state index in [0.29, 0.717) is 78.2 Å². The molecule has 121 heavy (non-hydrogen) atoms. The molecule has 658 valence electrons. The van der Waals surface area contributed by atoms with E-state index in [1.807, 2.05) is 0 Å². The minimum Gasteiger partial charge on any atom is -0.394 e. The summed E-state index contributed by atoms with van der Waals surface area (Å²) < 4.78 is 0. The van der Waals surface area contributed by atoms with Crippen molar-refractivity contribution in [2.24, 2.45) is 28.7 Å². The second kappa shape index (κ2) is 50.8. The first-order valence-electron chi connectivity index (χ1n) is 40.3. The number of fused-ring (bicyclic) bond motifs is 1. The van der Waals surface area contributed by atoms with Gasteiger partial charge in [0.05, 0.1) is 31.8 Å². The van der Waals surface area contributed by atoms with E-state index in [9.17, 15) is 72.9 Å². The van der Waals surface area contributed by atoms with Crippen molar-refractivity contribution in [3.05, 3.63) is 144 Å². The SMILES string of the molecule is CC(O)C1NC(=O)C(CCCCN)NC(=O)C(Cc2c[nH]c3ccccc23)NC(=O)C(Cc2ccccc2)NC(=O)C(Cc2ccccc2)NC(=O)C(CC(N)=O)NC(=O)C(CCCCN)NC(=O)C(NC(=O)C2CCCN2)CSSCC(C(=O)NC(CCCCN)C(N)=O)NC(=O)C(CO)NC(=O)C(CO)NC(=O)C(Cc2ccccc2)NC1=O. The topological polar surface area (TPSA) is 631 Å². The number of para-hydroxylation sites is 1. The molecule has 0 saturated carbocycles. The van der Waals surface area contributed by atoms with Gasteiger partial charge in [0.2, 0.25) is 88.6 Å². The number of H-pyrrole nitrogens is 1. The predicted octanol–water partition coefficient (Wildman–Crippen LogP) is -5.00. The van der Waals surface area contributed by atoms with E-state index < -0.39 is 205 Å². The van der Waals surface area contributed by atoms with Crippen LogP contribution in [0.25, 0.3) is 10.9 Å². The highest BCUT2D eigenvalue weighted by Crippen LogP contribution is 2.25. The summed E-state index contributed by atoms with van der Waals surface area (Å²) in [6.45, 7) is -0.246. The van der Waals surface area contributed by atoms with E-state index in [-0.39, 0.29) is 83.2 Å². The number of hydrogen-bond donors (Lipinski definition) is 23. The molecule has 5 aromatic rings. The van der Waals surface area contributed by atoms with Crippen molar-refractivity contribution in [3.63, 3.8) is 0 Å². The predicted molar refractivity (Wildman–Crippen MR) is 451 cm³/mol. The Balaban J connectivity index is 1.33. The Hall–Kier alpha value is -11.1. The van der Waals surface area contributed by atoms with Gasteiger partial charge in [0, 0.05) is 54.3 Å². The molecule has 0 radical (unpaired) electrons. The van der Waals surface area contributed by atoms with Gasteiger partial charge in [0.1, 0.15) is 78.5 Å². The van der Waals surface area contributed by atoms with E-state index in [1.165, 1.54) is 0 Å². The molecule has 15 amide bonds. The Bertz CT molecular complexity index is 4280. The number of aromatic nitrogens is 1. The van der Waals surface area contributed by atoms with Crippen LogP contribution >= 0.6 is 21.6 Å². The third-order valence-electron chi connectivity index (χ3n) is 20.2. The molecule has 38 nitrogen and oxygen atoms in total. The third kappa shape index (κ3) is 31.8. The Labute approximate surface area is 707 Å². The van der Waals surface area contributed by atoms with Gasteiger partial charge in [-0.15, -0.1) is 0 Å². The van der Waals surface area contributed by atoms with Gasteiger partial charge in [-0.25, -0.2) is 0 Å². The maximum absolute atomic E-state index is 15.4. The molecule has 0 spiro atoms. The molecule has 1 aromatic heterocycles. The molecule has 2 fully saturated rings. The summed E-state index contributed by atoms with van der Waals surface area (Å²) in [7, 11) is 1.74. The van der Waals surface area contributed by atoms with Crippen LogP contribution in [0.3, 0.4) is 0 Å². The Kier molecular flexibility index (Phi) is 40.8. The monoisotopic (exact) mass is 1720 g/mol. The van der Waals surface area contributed by atoms with E-state index in [2.05, 4.69) is 79.4 Å². The minimum atomic E-state index is -1.96. The molecule has 15 unspecified atom stereocenters. The van der Waals surface area contributed by atoms with Crippen molar-refractivity contribution in [1.82, 2.24) is 79.4 Å². The zero-order chi connectivity index (χ0) is 87.9. The zero-order valence-electron chi connectivity index (χ0n) is 67.3. The molecule has 40 heteroatoms. The molecule has 0 aliphatic carbocycles. The molecule has 2 saturated heterocycles. The minimum absolute atomic E-state index is 0.00718. The molecule has 0 bridgehead atoms. The Morgan fingerprint density at radius 1 is 0.455 bits per heavy atom. The summed E-state index contributed by atoms with van der Waals surface area (Å²) >= 11 is 0. The van der Waals surface area contributed by atoms with Gasteiger partial charge in [0.25, 0.3) is 0 Å². The van der Waals surface area contributed by atoms with Gasteiger partial charge in [-0.3, -0.25) is 71.9 Å². The number of aromatic amines is 1. The van der Waals surface area contributed by atoms with Crippen molar-refractivity contribution in [2.45, 2.75) is 200 Å². The number of nitrogens with one attached hydrogen (secondary N) is 15. The number of carbonyl (C=O) groups is 15. The number of amides is 15. The average Bonchev–Trinajstić information content (AvgIpc) is 1.70. The highest BCUT2D eigenvalue weighted by atomic mass is 33.1. The molecular formula is C81H114N20O18S2. The largest absolute Gasteiger partial charge is 0.394 e. The average molecular weight is 1720 g/mol.